The van der Waals surface area contributed by atoms with Gasteiger partial charge < -0.3 is 9.30 Å². The van der Waals surface area contributed by atoms with E-state index in [9.17, 15) is 0 Å². The van der Waals surface area contributed by atoms with Crippen molar-refractivity contribution in [2.45, 2.75) is 78.6 Å². The SMILES string of the molecule is C[Si](C)(C)[N-][Si](C)(C)C.C[Si](C)(C)[N-][Si](C)(C)C.[Ge]. The molecule has 0 bridgehead atoms. The van der Waals surface area contributed by atoms with E-state index < -0.39 is 32.9 Å². The molecule has 0 aromatic carbocycles. The maximum atomic E-state index is 4.82. The van der Waals surface area contributed by atoms with Crippen molar-refractivity contribution >= 4 is 50.5 Å². The van der Waals surface area contributed by atoms with Crippen LogP contribution in [0.3, 0.4) is 0 Å². The molecule has 0 rings (SSSR count). The van der Waals surface area contributed by atoms with Crippen LogP contribution in [0.5, 0.6) is 0 Å². The molecular weight excluding hydrogens is 357 g/mol. The molecule has 0 aromatic heterocycles. The number of nitrogens with zero attached hydrogens (tertiary/aromatic N) is 2. The summed E-state index contributed by atoms with van der Waals surface area (Å²) in [6, 6.07) is 0. The van der Waals surface area contributed by atoms with Crippen LogP contribution in [0.25, 0.3) is 9.30 Å². The monoisotopic (exact) mass is 394 g/mol. The summed E-state index contributed by atoms with van der Waals surface area (Å²) in [4.78, 5) is 0. The standard InChI is InChI=1S/2C6H18NSi2.Ge/c2*1-8(2,3)7-9(4,5)6;/h2*1-6H3;/q2*-1;. The van der Waals surface area contributed by atoms with E-state index in [4.69, 9.17) is 9.30 Å². The molecule has 0 unspecified atom stereocenters. The molecule has 0 saturated carbocycles. The third kappa shape index (κ3) is 32.7. The Kier molecular flexibility index (Phi) is 11.6. The van der Waals surface area contributed by atoms with Crippen molar-refractivity contribution in [2.24, 2.45) is 0 Å². The van der Waals surface area contributed by atoms with Crippen molar-refractivity contribution in [1.29, 1.82) is 0 Å². The Morgan fingerprint density at radius 2 is 0.474 bits per heavy atom. The zero-order chi connectivity index (χ0) is 15.4. The summed E-state index contributed by atoms with van der Waals surface area (Å²) in [5.74, 6) is 0. The topological polar surface area (TPSA) is 28.2 Å². The smallest absolute Gasteiger partial charge is 0 e. The summed E-state index contributed by atoms with van der Waals surface area (Å²) in [5.41, 5.74) is 0. The Balaban J connectivity index is -0.000000256. The molecule has 0 amide bonds. The molecule has 19 heavy (non-hydrogen) atoms. The molecule has 0 spiro atoms. The number of hydrogen-bond donors (Lipinski definition) is 0. The molecule has 0 aliphatic heterocycles. The van der Waals surface area contributed by atoms with Gasteiger partial charge in [0.2, 0.25) is 0 Å². The minimum atomic E-state index is -1.11. The largest absolute Gasteiger partial charge is 0.668 e. The molecule has 0 fully saturated rings. The molecule has 4 radical (unpaired) electrons. The summed E-state index contributed by atoms with van der Waals surface area (Å²) in [7, 11) is -4.42. The maximum absolute atomic E-state index is 4.82. The molecule has 0 saturated heterocycles. The predicted molar refractivity (Wildman–Crippen MR) is 106 cm³/mol. The number of rotatable bonds is 4. The third-order valence-corrected chi connectivity index (χ3v) is 12.1. The minimum Gasteiger partial charge on any atom is -0.668 e. The second-order valence-electron chi connectivity index (χ2n) is 8.91. The van der Waals surface area contributed by atoms with Crippen molar-refractivity contribution in [1.82, 2.24) is 0 Å². The van der Waals surface area contributed by atoms with Crippen molar-refractivity contribution in [3.8, 4) is 0 Å². The van der Waals surface area contributed by atoms with Gasteiger partial charge in [-0.1, -0.05) is 112 Å². The average molecular weight is 393 g/mol. The fourth-order valence-corrected chi connectivity index (χ4v) is 18.1. The van der Waals surface area contributed by atoms with Crippen LogP contribution in [0.4, 0.5) is 0 Å². The van der Waals surface area contributed by atoms with E-state index in [0.717, 1.165) is 0 Å². The van der Waals surface area contributed by atoms with E-state index in [2.05, 4.69) is 78.6 Å². The van der Waals surface area contributed by atoms with Gasteiger partial charge in [0.1, 0.15) is 0 Å². The van der Waals surface area contributed by atoms with Gasteiger partial charge in [-0.25, -0.2) is 0 Å². The van der Waals surface area contributed by atoms with E-state index >= 15 is 0 Å². The minimum absolute atomic E-state index is 0. The Hall–Kier alpha value is 1.33. The van der Waals surface area contributed by atoms with Crippen molar-refractivity contribution in [3.63, 3.8) is 0 Å². The third-order valence-electron chi connectivity index (χ3n) is 1.34. The van der Waals surface area contributed by atoms with Crippen molar-refractivity contribution in [2.75, 3.05) is 0 Å². The molecule has 0 aromatic rings. The van der Waals surface area contributed by atoms with Crippen LogP contribution in [0.1, 0.15) is 0 Å². The van der Waals surface area contributed by atoms with Crippen molar-refractivity contribution < 1.29 is 0 Å². The quantitative estimate of drug-likeness (QED) is 0.550. The van der Waals surface area contributed by atoms with Gasteiger partial charge in [0.05, 0.1) is 0 Å². The fraction of sp³-hybridized carbons (Fsp3) is 1.00. The summed E-state index contributed by atoms with van der Waals surface area (Å²) in [6.07, 6.45) is 0. The van der Waals surface area contributed by atoms with Crippen LogP contribution in [0.15, 0.2) is 0 Å². The van der Waals surface area contributed by atoms with E-state index in [1.807, 2.05) is 0 Å². The van der Waals surface area contributed by atoms with Gasteiger partial charge >= 0.3 is 0 Å². The van der Waals surface area contributed by atoms with Crippen molar-refractivity contribution in [3.05, 3.63) is 9.30 Å². The molecule has 0 N–H and O–H groups in total. The Labute approximate surface area is 138 Å². The Morgan fingerprint density at radius 1 is 0.368 bits per heavy atom. The Morgan fingerprint density at radius 3 is 0.474 bits per heavy atom. The molecule has 0 aliphatic rings. The van der Waals surface area contributed by atoms with E-state index in [-0.39, 0.29) is 17.6 Å². The second-order valence-corrected chi connectivity index (χ2v) is 28.1. The first-order valence-electron chi connectivity index (χ1n) is 6.89. The second kappa shape index (κ2) is 8.70. The normalized spacial score (nSPS) is 13.3. The molecule has 7 heteroatoms. The van der Waals surface area contributed by atoms with E-state index in [1.54, 1.807) is 0 Å². The van der Waals surface area contributed by atoms with Gasteiger partial charge in [-0.3, -0.25) is 0 Å². The summed E-state index contributed by atoms with van der Waals surface area (Å²) >= 11 is 0. The molecule has 0 heterocycles. The van der Waals surface area contributed by atoms with Crippen LogP contribution in [-0.2, 0) is 0 Å². The number of hydrogen-bond acceptors (Lipinski definition) is 0. The molecule has 2 nitrogen and oxygen atoms in total. The van der Waals surface area contributed by atoms with Crippen LogP contribution in [0.2, 0.25) is 78.6 Å². The van der Waals surface area contributed by atoms with E-state index in [1.165, 1.54) is 0 Å². The van der Waals surface area contributed by atoms with Gasteiger partial charge in [0.25, 0.3) is 0 Å². The van der Waals surface area contributed by atoms with Gasteiger partial charge in [-0.2, -0.15) is 0 Å². The van der Waals surface area contributed by atoms with Crippen LogP contribution >= 0.6 is 0 Å². The maximum Gasteiger partial charge on any atom is 0 e. The van der Waals surface area contributed by atoms with Gasteiger partial charge in [0.15, 0.2) is 0 Å². The predicted octanol–water partition coefficient (Wildman–Crippen LogP) is 5.68. The average Bonchev–Trinajstić information content (AvgIpc) is 1.64. The van der Waals surface area contributed by atoms with Gasteiger partial charge in [-0.15, -0.1) is 0 Å². The van der Waals surface area contributed by atoms with Crippen LogP contribution in [-0.4, -0.2) is 50.5 Å². The first kappa shape index (κ1) is 25.3. The summed E-state index contributed by atoms with van der Waals surface area (Å²) < 4.78 is 9.64. The van der Waals surface area contributed by atoms with Gasteiger partial charge in [0, 0.05) is 17.6 Å². The Bertz CT molecular complexity index is 184. The van der Waals surface area contributed by atoms with E-state index in [0.29, 0.717) is 0 Å². The molecular formula is C12H36GeN2Si4-2. The molecule has 0 atom stereocenters. The zero-order valence-corrected chi connectivity index (χ0v) is 21.5. The summed E-state index contributed by atoms with van der Waals surface area (Å²) in [6.45, 7) is 27.6. The zero-order valence-electron chi connectivity index (χ0n) is 15.4. The molecule has 116 valence electrons. The summed E-state index contributed by atoms with van der Waals surface area (Å²) in [5, 5.41) is 0. The van der Waals surface area contributed by atoms with Crippen LogP contribution in [0, 0.1) is 0 Å². The first-order valence-corrected chi connectivity index (χ1v) is 20.7. The van der Waals surface area contributed by atoms with Crippen LogP contribution < -0.4 is 0 Å². The molecule has 0 aliphatic carbocycles. The fourth-order valence-electron chi connectivity index (χ4n) is 2.01. The first-order chi connectivity index (χ1) is 7.41. The van der Waals surface area contributed by atoms with Gasteiger partial charge in [-0.05, 0) is 0 Å².